The maximum atomic E-state index is 11.3. The van der Waals surface area contributed by atoms with Gasteiger partial charge in [0, 0.05) is 12.8 Å². The highest BCUT2D eigenvalue weighted by molar-refractivity contribution is 7.91. The van der Waals surface area contributed by atoms with Crippen LogP contribution in [0.25, 0.3) is 0 Å². The van der Waals surface area contributed by atoms with Gasteiger partial charge in [-0.3, -0.25) is 0 Å². The maximum absolute atomic E-state index is 11.3. The van der Waals surface area contributed by atoms with E-state index in [1.54, 1.807) is 7.05 Å². The Morgan fingerprint density at radius 1 is 1.43 bits per heavy atom. The van der Waals surface area contributed by atoms with Crippen LogP contribution in [0.5, 0.6) is 0 Å². The summed E-state index contributed by atoms with van der Waals surface area (Å²) >= 11 is 0. The minimum absolute atomic E-state index is 0.250. The van der Waals surface area contributed by atoms with E-state index in [4.69, 9.17) is 0 Å². The van der Waals surface area contributed by atoms with Crippen molar-refractivity contribution >= 4 is 9.84 Å². The number of sulfone groups is 1. The van der Waals surface area contributed by atoms with E-state index >= 15 is 0 Å². The highest BCUT2D eigenvalue weighted by Gasteiger charge is 2.35. The Morgan fingerprint density at radius 3 is 2.29 bits per heavy atom. The zero-order valence-corrected chi connectivity index (χ0v) is 9.60. The van der Waals surface area contributed by atoms with Gasteiger partial charge in [-0.15, -0.1) is 0 Å². The van der Waals surface area contributed by atoms with Crippen molar-refractivity contribution in [2.75, 3.05) is 19.8 Å². The van der Waals surface area contributed by atoms with Crippen LogP contribution in [0.2, 0.25) is 0 Å². The summed E-state index contributed by atoms with van der Waals surface area (Å²) < 4.78 is 22.5. The van der Waals surface area contributed by atoms with Crippen LogP contribution in [0.4, 0.5) is 0 Å². The van der Waals surface area contributed by atoms with E-state index in [0.717, 1.165) is 0 Å². The van der Waals surface area contributed by atoms with Crippen molar-refractivity contribution in [3.05, 3.63) is 0 Å². The molecule has 0 aromatic rings. The fraction of sp³-hybridized carbons (Fsp3) is 1.00. The predicted molar refractivity (Wildman–Crippen MR) is 56.0 cm³/mol. The Balaban J connectivity index is 2.54. The van der Waals surface area contributed by atoms with Gasteiger partial charge in [0.1, 0.15) is 9.84 Å². The first-order valence-electron chi connectivity index (χ1n) is 4.93. The lowest BCUT2D eigenvalue weighted by atomic mass is 9.84. The van der Waals surface area contributed by atoms with Crippen LogP contribution in [-0.2, 0) is 9.84 Å². The standard InChI is InChI=1S/C9H19NO3S/c1-10-7-9(11)5-3-8(4-6-9)14(2,12)13/h8,10-11H,3-7H2,1-2H3/t8-,9+. The first-order valence-corrected chi connectivity index (χ1v) is 6.89. The van der Waals surface area contributed by atoms with Gasteiger partial charge in [-0.2, -0.15) is 0 Å². The van der Waals surface area contributed by atoms with Gasteiger partial charge < -0.3 is 10.4 Å². The van der Waals surface area contributed by atoms with E-state index in [2.05, 4.69) is 5.32 Å². The molecule has 1 saturated carbocycles. The van der Waals surface area contributed by atoms with E-state index in [0.29, 0.717) is 32.2 Å². The summed E-state index contributed by atoms with van der Waals surface area (Å²) in [5, 5.41) is 12.7. The van der Waals surface area contributed by atoms with Gasteiger partial charge in [0.05, 0.1) is 10.9 Å². The molecule has 1 aliphatic carbocycles. The Kier molecular flexibility index (Phi) is 3.55. The second kappa shape index (κ2) is 4.16. The lowest BCUT2D eigenvalue weighted by molar-refractivity contribution is 0.00748. The first kappa shape index (κ1) is 11.9. The number of likely N-dealkylation sites (N-methyl/N-ethyl adjacent to an activating group) is 1. The Bertz CT molecular complexity index is 278. The minimum Gasteiger partial charge on any atom is -0.389 e. The van der Waals surface area contributed by atoms with Crippen LogP contribution < -0.4 is 5.32 Å². The Labute approximate surface area is 85.6 Å². The van der Waals surface area contributed by atoms with Crippen molar-refractivity contribution in [1.82, 2.24) is 5.32 Å². The minimum atomic E-state index is -2.92. The number of hydrogen-bond acceptors (Lipinski definition) is 4. The smallest absolute Gasteiger partial charge is 0.150 e. The van der Waals surface area contributed by atoms with Gasteiger partial charge in [-0.25, -0.2) is 8.42 Å². The summed E-state index contributed by atoms with van der Waals surface area (Å²) in [6.45, 7) is 0.545. The lowest BCUT2D eigenvalue weighted by Gasteiger charge is -2.35. The summed E-state index contributed by atoms with van der Waals surface area (Å²) in [6, 6.07) is 0. The van der Waals surface area contributed by atoms with Gasteiger partial charge >= 0.3 is 0 Å². The Morgan fingerprint density at radius 2 is 1.93 bits per heavy atom. The highest BCUT2D eigenvalue weighted by Crippen LogP contribution is 2.30. The molecule has 0 bridgehead atoms. The molecule has 0 amide bonds. The molecule has 0 heterocycles. The van der Waals surface area contributed by atoms with Gasteiger partial charge in [-0.05, 0) is 32.7 Å². The zero-order chi connectivity index (χ0) is 10.8. The third-order valence-corrected chi connectivity index (χ3v) is 4.66. The van der Waals surface area contributed by atoms with Crippen LogP contribution in [0.1, 0.15) is 25.7 Å². The van der Waals surface area contributed by atoms with Crippen LogP contribution in [-0.4, -0.2) is 44.2 Å². The summed E-state index contributed by atoms with van der Waals surface area (Å²) in [5.41, 5.74) is -0.698. The molecule has 0 aromatic carbocycles. The molecule has 1 rings (SSSR count). The van der Waals surface area contributed by atoms with E-state index in [9.17, 15) is 13.5 Å². The van der Waals surface area contributed by atoms with E-state index < -0.39 is 15.4 Å². The molecule has 0 unspecified atom stereocenters. The topological polar surface area (TPSA) is 66.4 Å². The van der Waals surface area contributed by atoms with E-state index in [1.165, 1.54) is 6.26 Å². The molecule has 0 atom stereocenters. The fourth-order valence-corrected chi connectivity index (χ4v) is 3.15. The average molecular weight is 221 g/mol. The van der Waals surface area contributed by atoms with Gasteiger partial charge in [0.25, 0.3) is 0 Å². The molecule has 0 aliphatic heterocycles. The number of rotatable bonds is 3. The average Bonchev–Trinajstić information content (AvgIpc) is 2.03. The first-order chi connectivity index (χ1) is 6.37. The molecule has 0 aromatic heterocycles. The molecule has 84 valence electrons. The second-order valence-electron chi connectivity index (χ2n) is 4.28. The maximum Gasteiger partial charge on any atom is 0.150 e. The number of nitrogens with one attached hydrogen (secondary N) is 1. The van der Waals surface area contributed by atoms with Crippen LogP contribution in [0.3, 0.4) is 0 Å². The summed E-state index contributed by atoms with van der Waals surface area (Å²) in [4.78, 5) is 0. The molecule has 5 heteroatoms. The van der Waals surface area contributed by atoms with Crippen LogP contribution >= 0.6 is 0 Å². The van der Waals surface area contributed by atoms with Gasteiger partial charge in [0.15, 0.2) is 0 Å². The van der Waals surface area contributed by atoms with Crippen LogP contribution in [0, 0.1) is 0 Å². The Hall–Kier alpha value is -0.130. The molecule has 4 nitrogen and oxygen atoms in total. The lowest BCUT2D eigenvalue weighted by Crippen LogP contribution is -2.44. The van der Waals surface area contributed by atoms with Crippen LogP contribution in [0.15, 0.2) is 0 Å². The summed E-state index contributed by atoms with van der Waals surface area (Å²) in [6.07, 6.45) is 3.59. The van der Waals surface area contributed by atoms with Gasteiger partial charge in [-0.1, -0.05) is 0 Å². The largest absolute Gasteiger partial charge is 0.389 e. The quantitative estimate of drug-likeness (QED) is 0.700. The highest BCUT2D eigenvalue weighted by atomic mass is 32.2. The molecule has 14 heavy (non-hydrogen) atoms. The third-order valence-electron chi connectivity index (χ3n) is 2.97. The van der Waals surface area contributed by atoms with E-state index in [1.807, 2.05) is 0 Å². The molecule has 0 radical (unpaired) electrons. The summed E-state index contributed by atoms with van der Waals surface area (Å²) in [5.74, 6) is 0. The molecule has 1 aliphatic rings. The molecule has 1 fully saturated rings. The zero-order valence-electron chi connectivity index (χ0n) is 8.78. The van der Waals surface area contributed by atoms with Crippen molar-refractivity contribution in [2.45, 2.75) is 36.5 Å². The molecule has 0 saturated heterocycles. The van der Waals surface area contributed by atoms with Crippen molar-refractivity contribution in [3.8, 4) is 0 Å². The van der Waals surface area contributed by atoms with Crippen molar-refractivity contribution in [3.63, 3.8) is 0 Å². The predicted octanol–water partition coefficient (Wildman–Crippen LogP) is -0.0759. The number of hydrogen-bond donors (Lipinski definition) is 2. The molecule has 2 N–H and O–H groups in total. The SMILES string of the molecule is CNC[C@]1(O)CC[C@@H](S(C)(=O)=O)CC1. The fourth-order valence-electron chi connectivity index (χ4n) is 2.06. The number of aliphatic hydroxyl groups is 1. The normalized spacial score (nSPS) is 34.4. The van der Waals surface area contributed by atoms with Crippen molar-refractivity contribution in [2.24, 2.45) is 0 Å². The van der Waals surface area contributed by atoms with Crippen molar-refractivity contribution in [1.29, 1.82) is 0 Å². The van der Waals surface area contributed by atoms with Crippen molar-refractivity contribution < 1.29 is 13.5 Å². The van der Waals surface area contributed by atoms with E-state index in [-0.39, 0.29) is 5.25 Å². The van der Waals surface area contributed by atoms with Gasteiger partial charge in [0.2, 0.25) is 0 Å². The second-order valence-corrected chi connectivity index (χ2v) is 6.61. The third kappa shape index (κ3) is 2.93. The monoisotopic (exact) mass is 221 g/mol. The molecular weight excluding hydrogens is 202 g/mol. The molecule has 0 spiro atoms. The molecular formula is C9H19NO3S. The summed E-state index contributed by atoms with van der Waals surface area (Å²) in [7, 11) is -1.13.